The van der Waals surface area contributed by atoms with Crippen molar-refractivity contribution in [3.63, 3.8) is 0 Å². The first-order valence-corrected chi connectivity index (χ1v) is 12.2. The van der Waals surface area contributed by atoms with Gasteiger partial charge < -0.3 is 22.9 Å². The van der Waals surface area contributed by atoms with E-state index in [4.69, 9.17) is 14.9 Å². The fourth-order valence-corrected chi connectivity index (χ4v) is 4.03. The summed E-state index contributed by atoms with van der Waals surface area (Å²) in [7, 11) is 10.9. The first-order valence-electron chi connectivity index (χ1n) is 9.64. The van der Waals surface area contributed by atoms with Crippen molar-refractivity contribution in [2.45, 2.75) is 32.4 Å². The molecule has 29 heavy (non-hydrogen) atoms. The van der Waals surface area contributed by atoms with E-state index in [0.29, 0.717) is 6.42 Å². The molecule has 0 saturated carbocycles. The minimum Gasteiger partial charge on any atom is -0.770 e. The minimum absolute atomic E-state index is 0.153. The van der Waals surface area contributed by atoms with E-state index in [1.54, 1.807) is 0 Å². The summed E-state index contributed by atoms with van der Waals surface area (Å²) in [6, 6.07) is 8.79. The predicted octanol–water partition coefficient (Wildman–Crippen LogP) is 1.20. The molecular formula is C19H36N4O4PS+. The third-order valence-electron chi connectivity index (χ3n) is 4.20. The number of hydrogen-bond donors (Lipinski definition) is 2. The lowest BCUT2D eigenvalue weighted by Crippen LogP contribution is -2.39. The van der Waals surface area contributed by atoms with Crippen molar-refractivity contribution in [1.29, 1.82) is 0 Å². The number of unbranched alkanes of at least 4 members (excludes halogenated alkanes) is 1. The first-order chi connectivity index (χ1) is 13.3. The van der Waals surface area contributed by atoms with Crippen LogP contribution in [0, 0.1) is 0 Å². The van der Waals surface area contributed by atoms with E-state index in [0.717, 1.165) is 35.0 Å². The van der Waals surface area contributed by atoms with Gasteiger partial charge >= 0.3 is 5.97 Å². The highest BCUT2D eigenvalue weighted by atomic mass is 32.5. The van der Waals surface area contributed by atoms with Gasteiger partial charge in [0.25, 0.3) is 0 Å². The number of rotatable bonds is 13. The van der Waals surface area contributed by atoms with Crippen LogP contribution in [-0.2, 0) is 38.7 Å². The maximum absolute atomic E-state index is 11.8. The van der Waals surface area contributed by atoms with Crippen LogP contribution in [0.3, 0.4) is 0 Å². The van der Waals surface area contributed by atoms with Crippen LogP contribution in [0.1, 0.15) is 30.4 Å². The van der Waals surface area contributed by atoms with E-state index < -0.39 is 12.7 Å². The summed E-state index contributed by atoms with van der Waals surface area (Å²) in [4.78, 5) is 23.5. The van der Waals surface area contributed by atoms with Crippen LogP contribution < -0.4 is 16.2 Å². The van der Waals surface area contributed by atoms with Crippen molar-refractivity contribution in [3.05, 3.63) is 35.4 Å². The molecule has 0 amide bonds. The average molecular weight is 448 g/mol. The van der Waals surface area contributed by atoms with E-state index in [-0.39, 0.29) is 13.2 Å². The molecule has 1 unspecified atom stereocenters. The Bertz CT molecular complexity index is 692. The van der Waals surface area contributed by atoms with Crippen LogP contribution in [0.25, 0.3) is 0 Å². The summed E-state index contributed by atoms with van der Waals surface area (Å²) in [5.41, 5.74) is 4.76. The molecule has 0 radical (unpaired) electrons. The molecule has 166 valence electrons. The molecule has 8 nitrogen and oxygen atoms in total. The maximum atomic E-state index is 11.8. The van der Waals surface area contributed by atoms with E-state index in [2.05, 4.69) is 76.7 Å². The van der Waals surface area contributed by atoms with Crippen molar-refractivity contribution >= 4 is 24.5 Å². The molecule has 0 aliphatic heterocycles. The van der Waals surface area contributed by atoms with Gasteiger partial charge in [-0.25, -0.2) is 5.43 Å². The van der Waals surface area contributed by atoms with Crippen molar-refractivity contribution in [1.82, 2.24) is 5.43 Å². The lowest BCUT2D eigenvalue weighted by molar-refractivity contribution is -0.903. The zero-order valence-corrected chi connectivity index (χ0v) is 19.9. The molecular weight excluding hydrogens is 411 g/mol. The zero-order chi connectivity index (χ0) is 22.1. The Hall–Kier alpha value is -0.900. The van der Waals surface area contributed by atoms with Gasteiger partial charge in [-0.3, -0.25) is 10.6 Å². The van der Waals surface area contributed by atoms with Gasteiger partial charge in [-0.2, -0.15) is 0 Å². The highest BCUT2D eigenvalue weighted by Gasteiger charge is 2.17. The van der Waals surface area contributed by atoms with Gasteiger partial charge in [-0.05, 0) is 24.6 Å². The number of nitrogens with one attached hydrogen (secondary N) is 1. The lowest BCUT2D eigenvalue weighted by Gasteiger charge is -2.30. The van der Waals surface area contributed by atoms with Crippen LogP contribution in [0.15, 0.2) is 24.3 Å². The standard InChI is InChI=1S/C19H36N4O4PS/c1-22(2,3)14-17-9-11-18(12-10-17)15-23(4,5)13-7-6-8-19(24)27-28(25,29)26-16-21-20/h9-12,21H,6-8,13-16,20H2,1-5H3/q+1. The first kappa shape index (κ1) is 26.1. The summed E-state index contributed by atoms with van der Waals surface area (Å²) in [5.74, 6) is 4.39. The molecule has 1 aromatic carbocycles. The number of carbonyl (C=O) groups excluding carboxylic acids is 1. The number of benzene rings is 1. The summed E-state index contributed by atoms with van der Waals surface area (Å²) >= 11 is 4.62. The Morgan fingerprint density at radius 2 is 1.66 bits per heavy atom. The molecule has 0 aromatic heterocycles. The number of hydrogen-bond acceptors (Lipinski definition) is 7. The molecule has 0 heterocycles. The Balaban J connectivity index is 2.38. The van der Waals surface area contributed by atoms with Gasteiger partial charge in [0.05, 0.1) is 41.8 Å². The fourth-order valence-electron chi connectivity index (χ4n) is 2.99. The van der Waals surface area contributed by atoms with Crippen LogP contribution in [0.5, 0.6) is 0 Å². The van der Waals surface area contributed by atoms with Crippen molar-refractivity contribution < 1.29 is 27.7 Å². The average Bonchev–Trinajstić information content (AvgIpc) is 2.57. The normalized spacial score (nSPS) is 14.4. The van der Waals surface area contributed by atoms with Gasteiger partial charge in [0.2, 0.25) is 0 Å². The molecule has 10 heteroatoms. The summed E-state index contributed by atoms with van der Waals surface area (Å²) in [6.07, 6.45) is 1.63. The molecule has 0 spiro atoms. The highest BCUT2D eigenvalue weighted by Crippen LogP contribution is 2.38. The lowest BCUT2D eigenvalue weighted by atomic mass is 10.1. The smallest absolute Gasteiger partial charge is 0.309 e. The third-order valence-corrected chi connectivity index (χ3v) is 5.62. The second-order valence-electron chi connectivity index (χ2n) is 8.93. The van der Waals surface area contributed by atoms with Gasteiger partial charge in [0.15, 0.2) is 6.72 Å². The number of carbonyl (C=O) groups is 1. The zero-order valence-electron chi connectivity index (χ0n) is 18.2. The van der Waals surface area contributed by atoms with Gasteiger partial charge in [0.1, 0.15) is 19.8 Å². The number of nitrogens with two attached hydrogens (primary N) is 1. The fraction of sp³-hybridized carbons (Fsp3) is 0.632. The van der Waals surface area contributed by atoms with E-state index in [1.807, 2.05) is 0 Å². The Morgan fingerprint density at radius 3 is 2.17 bits per heavy atom. The topological polar surface area (TPSA) is 96.6 Å². The van der Waals surface area contributed by atoms with E-state index >= 15 is 0 Å². The third kappa shape index (κ3) is 12.4. The molecule has 1 atom stereocenters. The summed E-state index contributed by atoms with van der Waals surface area (Å²) in [5, 5.41) is 0. The quantitative estimate of drug-likeness (QED) is 0.117. The largest absolute Gasteiger partial charge is 0.770 e. The number of nitrogens with zero attached hydrogens (tertiary/aromatic N) is 2. The Kier molecular flexibility index (Phi) is 10.3. The number of quaternary nitrogens is 2. The summed E-state index contributed by atoms with van der Waals surface area (Å²) in [6.45, 7) is -1.24. The maximum Gasteiger partial charge on any atom is 0.309 e. The molecule has 1 aromatic rings. The Morgan fingerprint density at radius 1 is 1.10 bits per heavy atom. The van der Waals surface area contributed by atoms with Gasteiger partial charge in [-0.1, -0.05) is 24.3 Å². The summed E-state index contributed by atoms with van der Waals surface area (Å²) < 4.78 is 11.1. The van der Waals surface area contributed by atoms with Gasteiger partial charge in [0, 0.05) is 17.5 Å². The molecule has 0 aliphatic carbocycles. The molecule has 1 rings (SSSR count). The molecule has 0 fully saturated rings. The second kappa shape index (κ2) is 11.5. The predicted molar refractivity (Wildman–Crippen MR) is 116 cm³/mol. The molecule has 0 bridgehead atoms. The van der Waals surface area contributed by atoms with Crippen LogP contribution in [0.2, 0.25) is 0 Å². The highest BCUT2D eigenvalue weighted by molar-refractivity contribution is 8.06. The van der Waals surface area contributed by atoms with E-state index in [1.165, 1.54) is 11.1 Å². The molecule has 0 saturated heterocycles. The van der Waals surface area contributed by atoms with E-state index in [9.17, 15) is 9.69 Å². The SMILES string of the molecule is C[N+](C)(C)Cc1ccc(C[N+](C)(C)CCCCC(=O)OP([O-])(=S)OCNN)cc1. The van der Waals surface area contributed by atoms with Crippen molar-refractivity contribution in [2.24, 2.45) is 5.84 Å². The monoisotopic (exact) mass is 447 g/mol. The van der Waals surface area contributed by atoms with Crippen molar-refractivity contribution in [3.8, 4) is 0 Å². The van der Waals surface area contributed by atoms with Crippen molar-refractivity contribution in [2.75, 3.05) is 48.5 Å². The second-order valence-corrected chi connectivity index (χ2v) is 11.6. The Labute approximate surface area is 180 Å². The van der Waals surface area contributed by atoms with Crippen LogP contribution >= 0.6 is 6.72 Å². The van der Waals surface area contributed by atoms with Crippen LogP contribution in [0.4, 0.5) is 0 Å². The minimum atomic E-state index is -3.82. The van der Waals surface area contributed by atoms with Gasteiger partial charge in [-0.15, -0.1) is 0 Å². The molecule has 0 aliphatic rings. The molecule has 3 N–H and O–H groups in total. The number of hydrazine groups is 1. The van der Waals surface area contributed by atoms with Crippen LogP contribution in [-0.4, -0.2) is 63.4 Å².